The molecule has 1 N–H and O–H groups in total. The molecule has 3 heteroatoms. The SMILES string of the molecule is CCNc1cccc(C(=O)OC)c1C. The van der Waals surface area contributed by atoms with E-state index in [2.05, 4.69) is 10.1 Å². The van der Waals surface area contributed by atoms with E-state index in [-0.39, 0.29) is 5.97 Å². The van der Waals surface area contributed by atoms with Crippen molar-refractivity contribution < 1.29 is 9.53 Å². The van der Waals surface area contributed by atoms with Crippen LogP contribution in [0.15, 0.2) is 18.2 Å². The molecule has 14 heavy (non-hydrogen) atoms. The second kappa shape index (κ2) is 4.65. The van der Waals surface area contributed by atoms with E-state index < -0.39 is 0 Å². The lowest BCUT2D eigenvalue weighted by Gasteiger charge is -2.10. The standard InChI is InChI=1S/C11H15NO2/c1-4-12-10-7-5-6-9(8(10)2)11(13)14-3/h5-7,12H,4H2,1-3H3. The number of methoxy groups -OCH3 is 1. The van der Waals surface area contributed by atoms with Crippen molar-refractivity contribution in [3.05, 3.63) is 29.3 Å². The van der Waals surface area contributed by atoms with Gasteiger partial charge in [-0.15, -0.1) is 0 Å². The zero-order chi connectivity index (χ0) is 10.6. The first-order chi connectivity index (χ1) is 6.70. The van der Waals surface area contributed by atoms with Gasteiger partial charge in [0.1, 0.15) is 0 Å². The molecule has 0 aromatic heterocycles. The van der Waals surface area contributed by atoms with Gasteiger partial charge in [-0.05, 0) is 31.5 Å². The number of hydrogen-bond donors (Lipinski definition) is 1. The van der Waals surface area contributed by atoms with Crippen LogP contribution in [0, 0.1) is 6.92 Å². The first kappa shape index (κ1) is 10.6. The van der Waals surface area contributed by atoms with Crippen LogP contribution in [-0.4, -0.2) is 19.6 Å². The van der Waals surface area contributed by atoms with Crippen molar-refractivity contribution in [1.29, 1.82) is 0 Å². The molecule has 0 aliphatic heterocycles. The first-order valence-corrected chi connectivity index (χ1v) is 4.62. The van der Waals surface area contributed by atoms with Crippen molar-refractivity contribution in [3.63, 3.8) is 0 Å². The van der Waals surface area contributed by atoms with Gasteiger partial charge in [0.05, 0.1) is 12.7 Å². The highest BCUT2D eigenvalue weighted by atomic mass is 16.5. The maximum Gasteiger partial charge on any atom is 0.338 e. The van der Waals surface area contributed by atoms with Gasteiger partial charge in [0, 0.05) is 12.2 Å². The number of carbonyl (C=O) groups excluding carboxylic acids is 1. The molecule has 0 fully saturated rings. The zero-order valence-electron chi connectivity index (χ0n) is 8.76. The van der Waals surface area contributed by atoms with Crippen molar-refractivity contribution in [2.75, 3.05) is 19.0 Å². The Morgan fingerprint density at radius 2 is 2.21 bits per heavy atom. The number of esters is 1. The van der Waals surface area contributed by atoms with E-state index in [1.165, 1.54) is 7.11 Å². The average molecular weight is 193 g/mol. The third kappa shape index (κ3) is 2.05. The van der Waals surface area contributed by atoms with Crippen molar-refractivity contribution in [3.8, 4) is 0 Å². The number of carbonyl (C=O) groups is 1. The number of hydrogen-bond acceptors (Lipinski definition) is 3. The van der Waals surface area contributed by atoms with Gasteiger partial charge >= 0.3 is 5.97 Å². The molecule has 0 radical (unpaired) electrons. The number of rotatable bonds is 3. The van der Waals surface area contributed by atoms with E-state index in [1.54, 1.807) is 6.07 Å². The van der Waals surface area contributed by atoms with E-state index in [1.807, 2.05) is 26.0 Å². The van der Waals surface area contributed by atoms with E-state index >= 15 is 0 Å². The summed E-state index contributed by atoms with van der Waals surface area (Å²) < 4.78 is 4.68. The van der Waals surface area contributed by atoms with Crippen molar-refractivity contribution in [1.82, 2.24) is 0 Å². The smallest absolute Gasteiger partial charge is 0.338 e. The van der Waals surface area contributed by atoms with E-state index in [9.17, 15) is 4.79 Å². The lowest BCUT2D eigenvalue weighted by atomic mass is 10.1. The van der Waals surface area contributed by atoms with Gasteiger partial charge in [0.2, 0.25) is 0 Å². The van der Waals surface area contributed by atoms with E-state index in [0.717, 1.165) is 17.8 Å². The number of anilines is 1. The predicted octanol–water partition coefficient (Wildman–Crippen LogP) is 2.21. The third-order valence-corrected chi connectivity index (χ3v) is 2.11. The molecule has 0 spiro atoms. The quantitative estimate of drug-likeness (QED) is 0.748. The van der Waals surface area contributed by atoms with Crippen LogP contribution < -0.4 is 5.32 Å². The summed E-state index contributed by atoms with van der Waals surface area (Å²) in [6.07, 6.45) is 0. The maximum atomic E-state index is 11.3. The second-order valence-electron chi connectivity index (χ2n) is 3.00. The van der Waals surface area contributed by atoms with Crippen molar-refractivity contribution in [2.24, 2.45) is 0 Å². The molecule has 0 aliphatic rings. The van der Waals surface area contributed by atoms with Crippen molar-refractivity contribution >= 4 is 11.7 Å². The van der Waals surface area contributed by atoms with Crippen molar-refractivity contribution in [2.45, 2.75) is 13.8 Å². The van der Waals surface area contributed by atoms with Gasteiger partial charge in [-0.3, -0.25) is 0 Å². The van der Waals surface area contributed by atoms with E-state index in [0.29, 0.717) is 5.56 Å². The lowest BCUT2D eigenvalue weighted by Crippen LogP contribution is -2.07. The Hall–Kier alpha value is -1.51. The van der Waals surface area contributed by atoms with E-state index in [4.69, 9.17) is 0 Å². The van der Waals surface area contributed by atoms with Crippen LogP contribution in [0.25, 0.3) is 0 Å². The molecule has 1 aromatic rings. The molecule has 0 atom stereocenters. The summed E-state index contributed by atoms with van der Waals surface area (Å²) in [5.74, 6) is -0.290. The van der Waals surface area contributed by atoms with Crippen LogP contribution >= 0.6 is 0 Å². The molecule has 0 heterocycles. The molecule has 0 saturated carbocycles. The number of benzene rings is 1. The summed E-state index contributed by atoms with van der Waals surface area (Å²) in [5, 5.41) is 3.19. The monoisotopic (exact) mass is 193 g/mol. The number of nitrogens with one attached hydrogen (secondary N) is 1. The largest absolute Gasteiger partial charge is 0.465 e. The summed E-state index contributed by atoms with van der Waals surface area (Å²) in [4.78, 5) is 11.3. The average Bonchev–Trinajstić information content (AvgIpc) is 2.20. The van der Waals surface area contributed by atoms with Crippen LogP contribution in [0.2, 0.25) is 0 Å². The fraction of sp³-hybridized carbons (Fsp3) is 0.364. The second-order valence-corrected chi connectivity index (χ2v) is 3.00. The summed E-state index contributed by atoms with van der Waals surface area (Å²) in [7, 11) is 1.39. The summed E-state index contributed by atoms with van der Waals surface area (Å²) in [6.45, 7) is 4.76. The molecule has 0 unspecified atom stereocenters. The first-order valence-electron chi connectivity index (χ1n) is 4.62. The fourth-order valence-corrected chi connectivity index (χ4v) is 1.35. The highest BCUT2D eigenvalue weighted by Crippen LogP contribution is 2.19. The van der Waals surface area contributed by atoms with Crippen LogP contribution in [0.5, 0.6) is 0 Å². The molecule has 0 amide bonds. The maximum absolute atomic E-state index is 11.3. The van der Waals surface area contributed by atoms with Crippen LogP contribution in [-0.2, 0) is 4.74 Å². The molecular formula is C11H15NO2. The van der Waals surface area contributed by atoms with Crippen LogP contribution in [0.4, 0.5) is 5.69 Å². The third-order valence-electron chi connectivity index (χ3n) is 2.11. The van der Waals surface area contributed by atoms with Gasteiger partial charge in [-0.2, -0.15) is 0 Å². The summed E-state index contributed by atoms with van der Waals surface area (Å²) in [6, 6.07) is 5.56. The Labute approximate surface area is 84.1 Å². The fourth-order valence-electron chi connectivity index (χ4n) is 1.35. The Bertz CT molecular complexity index is 334. The topological polar surface area (TPSA) is 38.3 Å². The molecule has 3 nitrogen and oxygen atoms in total. The minimum atomic E-state index is -0.290. The zero-order valence-corrected chi connectivity index (χ0v) is 8.76. The normalized spacial score (nSPS) is 9.64. The molecule has 0 aliphatic carbocycles. The Balaban J connectivity index is 3.07. The van der Waals surface area contributed by atoms with Gasteiger partial charge in [0.15, 0.2) is 0 Å². The molecule has 0 saturated heterocycles. The Morgan fingerprint density at radius 3 is 2.79 bits per heavy atom. The minimum Gasteiger partial charge on any atom is -0.465 e. The van der Waals surface area contributed by atoms with Gasteiger partial charge in [-0.1, -0.05) is 6.07 Å². The molecule has 76 valence electrons. The number of ether oxygens (including phenoxy) is 1. The van der Waals surface area contributed by atoms with Gasteiger partial charge in [0.25, 0.3) is 0 Å². The lowest BCUT2D eigenvalue weighted by molar-refractivity contribution is 0.0600. The minimum absolute atomic E-state index is 0.290. The van der Waals surface area contributed by atoms with Gasteiger partial charge in [-0.25, -0.2) is 4.79 Å². The molecule has 1 aromatic carbocycles. The van der Waals surface area contributed by atoms with Crippen LogP contribution in [0.1, 0.15) is 22.8 Å². The predicted molar refractivity (Wildman–Crippen MR) is 56.7 cm³/mol. The molecular weight excluding hydrogens is 178 g/mol. The highest BCUT2D eigenvalue weighted by molar-refractivity contribution is 5.92. The summed E-state index contributed by atoms with van der Waals surface area (Å²) in [5.41, 5.74) is 2.53. The highest BCUT2D eigenvalue weighted by Gasteiger charge is 2.10. The van der Waals surface area contributed by atoms with Gasteiger partial charge < -0.3 is 10.1 Å². The Kier molecular flexibility index (Phi) is 3.51. The Morgan fingerprint density at radius 1 is 1.50 bits per heavy atom. The summed E-state index contributed by atoms with van der Waals surface area (Å²) >= 11 is 0. The molecule has 1 rings (SSSR count). The van der Waals surface area contributed by atoms with Crippen LogP contribution in [0.3, 0.4) is 0 Å². The molecule has 0 bridgehead atoms.